The first-order valence-corrected chi connectivity index (χ1v) is 6.26. The Morgan fingerprint density at radius 3 is 3.12 bits per heavy atom. The van der Waals surface area contributed by atoms with Crippen molar-refractivity contribution in [2.75, 3.05) is 24.2 Å². The van der Waals surface area contributed by atoms with Crippen LogP contribution in [0.3, 0.4) is 0 Å². The van der Waals surface area contributed by atoms with E-state index in [2.05, 4.69) is 11.4 Å². The second-order valence-corrected chi connectivity index (χ2v) is 4.93. The number of nitrogens with two attached hydrogens (primary N) is 1. The minimum Gasteiger partial charge on any atom is -0.397 e. The molecule has 1 atom stereocenters. The Balaban J connectivity index is 1.86. The largest absolute Gasteiger partial charge is 0.397 e. The molecule has 1 aromatic rings. The van der Waals surface area contributed by atoms with E-state index in [0.29, 0.717) is 16.7 Å². The van der Waals surface area contributed by atoms with Crippen LogP contribution < -0.4 is 11.1 Å². The van der Waals surface area contributed by atoms with E-state index in [0.717, 1.165) is 24.6 Å². The number of hydrogen-bond acceptors (Lipinski definition) is 5. The average molecular weight is 237 g/mol. The van der Waals surface area contributed by atoms with Crippen LogP contribution in [-0.2, 0) is 4.74 Å². The number of ether oxygens (including phenoxy) is 1. The van der Waals surface area contributed by atoms with E-state index in [1.54, 1.807) is 0 Å². The van der Waals surface area contributed by atoms with Crippen molar-refractivity contribution in [3.8, 4) is 6.07 Å². The fourth-order valence-corrected chi connectivity index (χ4v) is 2.55. The summed E-state index contributed by atoms with van der Waals surface area (Å²) in [6.45, 7) is 1.66. The summed E-state index contributed by atoms with van der Waals surface area (Å²) < 4.78 is 5.61. The molecule has 1 aliphatic heterocycles. The van der Waals surface area contributed by atoms with Crippen molar-refractivity contribution in [1.29, 1.82) is 5.26 Å². The van der Waals surface area contributed by atoms with Gasteiger partial charge in [-0.3, -0.25) is 0 Å². The molecule has 86 valence electrons. The predicted octanol–water partition coefficient (Wildman–Crippen LogP) is 2.18. The topological polar surface area (TPSA) is 71.1 Å². The Labute approximate surface area is 99.0 Å². The van der Waals surface area contributed by atoms with Gasteiger partial charge in [0.25, 0.3) is 0 Å². The van der Waals surface area contributed by atoms with Crippen molar-refractivity contribution in [3.63, 3.8) is 0 Å². The van der Waals surface area contributed by atoms with Gasteiger partial charge in [0, 0.05) is 13.2 Å². The zero-order valence-corrected chi connectivity index (χ0v) is 9.85. The van der Waals surface area contributed by atoms with Crippen molar-refractivity contribution in [2.45, 2.75) is 25.4 Å². The average Bonchev–Trinajstić information content (AvgIpc) is 2.69. The second-order valence-electron chi connectivity index (χ2n) is 3.88. The molecule has 0 saturated carbocycles. The number of anilines is 2. The number of nitrogen functional groups attached to an aromatic ring is 1. The number of thiophene rings is 1. The van der Waals surface area contributed by atoms with Crippen molar-refractivity contribution in [2.24, 2.45) is 0 Å². The van der Waals surface area contributed by atoms with Crippen molar-refractivity contribution in [3.05, 3.63) is 10.9 Å². The monoisotopic (exact) mass is 237 g/mol. The van der Waals surface area contributed by atoms with Gasteiger partial charge in [-0.05, 0) is 25.3 Å². The van der Waals surface area contributed by atoms with E-state index in [9.17, 15) is 0 Å². The molecular weight excluding hydrogens is 222 g/mol. The molecule has 4 nitrogen and oxygen atoms in total. The van der Waals surface area contributed by atoms with Crippen LogP contribution in [0.4, 0.5) is 10.7 Å². The van der Waals surface area contributed by atoms with E-state index in [-0.39, 0.29) is 0 Å². The summed E-state index contributed by atoms with van der Waals surface area (Å²) >= 11 is 1.40. The highest BCUT2D eigenvalue weighted by Gasteiger charge is 2.14. The van der Waals surface area contributed by atoms with Gasteiger partial charge in [0.15, 0.2) is 0 Å². The summed E-state index contributed by atoms with van der Waals surface area (Å²) in [5.41, 5.74) is 6.23. The summed E-state index contributed by atoms with van der Waals surface area (Å²) in [6.07, 6.45) is 3.81. The highest BCUT2D eigenvalue weighted by Crippen LogP contribution is 2.28. The fourth-order valence-electron chi connectivity index (χ4n) is 1.76. The van der Waals surface area contributed by atoms with Gasteiger partial charge in [-0.1, -0.05) is 0 Å². The van der Waals surface area contributed by atoms with Crippen molar-refractivity contribution in [1.82, 2.24) is 0 Å². The Morgan fingerprint density at radius 1 is 1.62 bits per heavy atom. The fraction of sp³-hybridized carbons (Fsp3) is 0.545. The number of rotatable bonds is 3. The zero-order chi connectivity index (χ0) is 11.4. The van der Waals surface area contributed by atoms with E-state index in [1.807, 2.05) is 6.07 Å². The lowest BCUT2D eigenvalue weighted by Crippen LogP contribution is -2.26. The molecule has 0 radical (unpaired) electrons. The molecule has 1 aromatic heterocycles. The van der Waals surface area contributed by atoms with E-state index in [4.69, 9.17) is 15.7 Å². The van der Waals surface area contributed by atoms with Crippen LogP contribution in [0.1, 0.15) is 24.1 Å². The summed E-state index contributed by atoms with van der Waals surface area (Å²) in [5.74, 6) is 0. The molecule has 1 aliphatic rings. The molecule has 0 amide bonds. The molecule has 2 heterocycles. The lowest BCUT2D eigenvalue weighted by Gasteiger charge is -2.22. The van der Waals surface area contributed by atoms with Crippen LogP contribution in [0, 0.1) is 11.3 Å². The lowest BCUT2D eigenvalue weighted by atomic mass is 10.1. The molecule has 0 bridgehead atoms. The van der Waals surface area contributed by atoms with Gasteiger partial charge in [-0.15, -0.1) is 11.3 Å². The van der Waals surface area contributed by atoms with E-state index in [1.165, 1.54) is 24.2 Å². The van der Waals surface area contributed by atoms with E-state index >= 15 is 0 Å². The van der Waals surface area contributed by atoms with Crippen LogP contribution in [0.2, 0.25) is 0 Å². The van der Waals surface area contributed by atoms with Crippen LogP contribution in [0.25, 0.3) is 0 Å². The molecule has 0 aliphatic carbocycles. The van der Waals surface area contributed by atoms with Gasteiger partial charge in [0.2, 0.25) is 0 Å². The summed E-state index contributed by atoms with van der Waals surface area (Å²) in [7, 11) is 0. The molecule has 1 saturated heterocycles. The standard InChI is InChI=1S/C11H15N3OS/c12-6-10-9(13)5-11(16-10)14-7-8-3-1-2-4-15-8/h5,8,14H,1-4,7,13H2. The minimum absolute atomic E-state index is 0.294. The normalized spacial score (nSPS) is 20.3. The zero-order valence-electron chi connectivity index (χ0n) is 9.03. The van der Waals surface area contributed by atoms with Gasteiger partial charge in [-0.25, -0.2) is 0 Å². The SMILES string of the molecule is N#Cc1sc(NCC2CCCCO2)cc1N. The maximum absolute atomic E-state index is 8.78. The third-order valence-corrected chi connectivity index (χ3v) is 3.65. The molecular formula is C11H15N3OS. The number of nitriles is 1. The summed E-state index contributed by atoms with van der Waals surface area (Å²) in [4.78, 5) is 0.576. The number of nitrogens with one attached hydrogen (secondary N) is 1. The maximum atomic E-state index is 8.78. The molecule has 1 fully saturated rings. The first-order chi connectivity index (χ1) is 7.79. The highest BCUT2D eigenvalue weighted by molar-refractivity contribution is 7.17. The molecule has 16 heavy (non-hydrogen) atoms. The molecule has 0 spiro atoms. The molecule has 1 unspecified atom stereocenters. The molecule has 0 aromatic carbocycles. The van der Waals surface area contributed by atoms with Crippen LogP contribution in [0.5, 0.6) is 0 Å². The van der Waals surface area contributed by atoms with Gasteiger partial charge in [0.05, 0.1) is 16.8 Å². The Bertz CT molecular complexity index is 390. The van der Waals surface area contributed by atoms with Crippen molar-refractivity contribution < 1.29 is 4.74 Å². The first kappa shape index (κ1) is 11.2. The van der Waals surface area contributed by atoms with Gasteiger partial charge < -0.3 is 15.8 Å². The summed E-state index contributed by atoms with van der Waals surface area (Å²) in [5, 5.41) is 13.0. The van der Waals surface area contributed by atoms with Crippen LogP contribution in [-0.4, -0.2) is 19.3 Å². The highest BCUT2D eigenvalue weighted by atomic mass is 32.1. The molecule has 3 N–H and O–H groups in total. The first-order valence-electron chi connectivity index (χ1n) is 5.44. The van der Waals surface area contributed by atoms with Gasteiger partial charge in [0.1, 0.15) is 10.9 Å². The van der Waals surface area contributed by atoms with Crippen molar-refractivity contribution >= 4 is 22.0 Å². The van der Waals surface area contributed by atoms with Gasteiger partial charge >= 0.3 is 0 Å². The predicted molar refractivity (Wildman–Crippen MR) is 65.5 cm³/mol. The smallest absolute Gasteiger partial charge is 0.129 e. The lowest BCUT2D eigenvalue weighted by molar-refractivity contribution is 0.0248. The van der Waals surface area contributed by atoms with E-state index < -0.39 is 0 Å². The number of hydrogen-bond donors (Lipinski definition) is 2. The quantitative estimate of drug-likeness (QED) is 0.845. The third-order valence-electron chi connectivity index (χ3n) is 2.64. The maximum Gasteiger partial charge on any atom is 0.129 e. The third kappa shape index (κ3) is 2.65. The Morgan fingerprint density at radius 2 is 2.50 bits per heavy atom. The Hall–Kier alpha value is -1.25. The van der Waals surface area contributed by atoms with Crippen LogP contribution in [0.15, 0.2) is 6.07 Å². The summed E-state index contributed by atoms with van der Waals surface area (Å²) in [6, 6.07) is 3.89. The van der Waals surface area contributed by atoms with Crippen LogP contribution >= 0.6 is 11.3 Å². The number of nitrogens with zero attached hydrogens (tertiary/aromatic N) is 1. The molecule has 5 heteroatoms. The Kier molecular flexibility index (Phi) is 3.65. The second kappa shape index (κ2) is 5.19. The minimum atomic E-state index is 0.294. The van der Waals surface area contributed by atoms with Gasteiger partial charge in [-0.2, -0.15) is 5.26 Å². The molecule has 2 rings (SSSR count).